The Kier molecular flexibility index (Phi) is 11.5. The standard InChI is InChI=1S/C15H21F3N4O3.2C2HF3O2/c1-20-7-10(13(19-20)15(16,17)18)14(23)22-8-11-12(9-22)25-6-4-21(11)3-5-24-2;2*3-2(4,5)1(6)7/h7,11-12H,3-6,8-9H2,1-2H3;2*(H,6,7)/t11-,12+;;/m1../s1. The molecule has 0 bridgehead atoms. The molecule has 3 heterocycles. The Labute approximate surface area is 213 Å². The topological polar surface area (TPSA) is 134 Å². The first-order valence-electron chi connectivity index (χ1n) is 10.5. The molecule has 39 heavy (non-hydrogen) atoms. The van der Waals surface area contributed by atoms with Crippen molar-refractivity contribution in [1.29, 1.82) is 0 Å². The van der Waals surface area contributed by atoms with Crippen LogP contribution in [0.25, 0.3) is 0 Å². The summed E-state index contributed by atoms with van der Waals surface area (Å²) in [5.74, 6) is -6.18. The molecule has 11 nitrogen and oxygen atoms in total. The molecule has 2 N–H and O–H groups in total. The molecule has 2 fully saturated rings. The highest BCUT2D eigenvalue weighted by atomic mass is 19.4. The van der Waals surface area contributed by atoms with Crippen molar-refractivity contribution in [3.05, 3.63) is 17.5 Å². The van der Waals surface area contributed by atoms with E-state index in [4.69, 9.17) is 29.3 Å². The van der Waals surface area contributed by atoms with Gasteiger partial charge in [-0.05, 0) is 0 Å². The number of methoxy groups -OCH3 is 1. The van der Waals surface area contributed by atoms with Crippen LogP contribution in [-0.4, -0.2) is 119 Å². The smallest absolute Gasteiger partial charge is 0.475 e. The maximum atomic E-state index is 13.1. The van der Waals surface area contributed by atoms with Crippen molar-refractivity contribution in [2.75, 3.05) is 46.5 Å². The lowest BCUT2D eigenvalue weighted by Crippen LogP contribution is -2.51. The second-order valence-corrected chi connectivity index (χ2v) is 7.88. The number of nitrogens with zero attached hydrogens (tertiary/aromatic N) is 4. The highest BCUT2D eigenvalue weighted by Gasteiger charge is 2.45. The second-order valence-electron chi connectivity index (χ2n) is 7.88. The van der Waals surface area contributed by atoms with Crippen LogP contribution in [0.5, 0.6) is 0 Å². The predicted molar refractivity (Wildman–Crippen MR) is 108 cm³/mol. The lowest BCUT2D eigenvalue weighted by atomic mass is 10.1. The fourth-order valence-electron chi connectivity index (χ4n) is 3.44. The molecular weight excluding hydrogens is 567 g/mol. The fourth-order valence-corrected chi connectivity index (χ4v) is 3.44. The predicted octanol–water partition coefficient (Wildman–Crippen LogP) is 1.88. The average Bonchev–Trinajstić information content (AvgIpc) is 3.40. The third-order valence-electron chi connectivity index (χ3n) is 5.10. The Bertz CT molecular complexity index is 971. The molecule has 20 heteroatoms. The van der Waals surface area contributed by atoms with Crippen molar-refractivity contribution < 1.29 is 73.6 Å². The van der Waals surface area contributed by atoms with Gasteiger partial charge >= 0.3 is 30.5 Å². The number of rotatable bonds is 4. The number of halogens is 9. The van der Waals surface area contributed by atoms with E-state index in [-0.39, 0.29) is 18.7 Å². The van der Waals surface area contributed by atoms with Crippen LogP contribution in [0.15, 0.2) is 6.20 Å². The third-order valence-corrected chi connectivity index (χ3v) is 5.10. The molecule has 0 aliphatic carbocycles. The SMILES string of the molecule is COCCN1CCO[C@H]2CN(C(=O)c3cn(C)nc3C(F)(F)F)C[C@H]21.O=C(O)C(F)(F)F.O=C(O)C(F)(F)F. The molecule has 3 rings (SSSR count). The number of fused-ring (bicyclic) bond motifs is 1. The average molecular weight is 590 g/mol. The Morgan fingerprint density at radius 3 is 1.97 bits per heavy atom. The molecule has 2 aliphatic heterocycles. The maximum absolute atomic E-state index is 13.1. The van der Waals surface area contributed by atoms with Crippen molar-refractivity contribution in [2.24, 2.45) is 7.05 Å². The molecule has 0 radical (unpaired) electrons. The Morgan fingerprint density at radius 1 is 1.03 bits per heavy atom. The molecular formula is C19H23F9N4O7. The summed E-state index contributed by atoms with van der Waals surface area (Å²) in [6, 6.07) is -0.0288. The van der Waals surface area contributed by atoms with Gasteiger partial charge in [-0.3, -0.25) is 14.4 Å². The van der Waals surface area contributed by atoms with Crippen molar-refractivity contribution in [3.8, 4) is 0 Å². The van der Waals surface area contributed by atoms with Gasteiger partial charge in [0.1, 0.15) is 0 Å². The Morgan fingerprint density at radius 2 is 1.54 bits per heavy atom. The van der Waals surface area contributed by atoms with Crippen LogP contribution >= 0.6 is 0 Å². The Balaban J connectivity index is 0.000000449. The number of alkyl halides is 9. The number of likely N-dealkylation sites (tertiary alicyclic amines) is 1. The normalized spacial score (nSPS) is 19.8. The van der Waals surface area contributed by atoms with Gasteiger partial charge < -0.3 is 24.6 Å². The molecule has 0 saturated carbocycles. The summed E-state index contributed by atoms with van der Waals surface area (Å²) in [6.45, 7) is 3.11. The number of morpholine rings is 1. The highest BCUT2D eigenvalue weighted by Crippen LogP contribution is 2.32. The molecule has 2 aliphatic rings. The van der Waals surface area contributed by atoms with Gasteiger partial charge in [-0.1, -0.05) is 0 Å². The second kappa shape index (κ2) is 13.3. The summed E-state index contributed by atoms with van der Waals surface area (Å²) in [6.07, 6.45) is -13.9. The quantitative estimate of drug-likeness (QED) is 0.505. The number of aryl methyl sites for hydroxylation is 1. The first kappa shape index (κ1) is 33.9. The summed E-state index contributed by atoms with van der Waals surface area (Å²) in [7, 11) is 2.98. The van der Waals surface area contributed by atoms with Gasteiger partial charge in [0.2, 0.25) is 0 Å². The lowest BCUT2D eigenvalue weighted by molar-refractivity contribution is -0.193. The van der Waals surface area contributed by atoms with E-state index in [1.165, 1.54) is 11.9 Å². The van der Waals surface area contributed by atoms with Gasteiger partial charge in [0.15, 0.2) is 5.69 Å². The highest BCUT2D eigenvalue weighted by molar-refractivity contribution is 5.95. The number of hydrogen-bond acceptors (Lipinski definition) is 7. The number of carbonyl (C=O) groups excluding carboxylic acids is 1. The van der Waals surface area contributed by atoms with Crippen LogP contribution in [0.4, 0.5) is 39.5 Å². The van der Waals surface area contributed by atoms with Gasteiger partial charge in [0.05, 0.1) is 30.9 Å². The monoisotopic (exact) mass is 590 g/mol. The van der Waals surface area contributed by atoms with Crippen LogP contribution in [0.1, 0.15) is 16.1 Å². The summed E-state index contributed by atoms with van der Waals surface area (Å²) in [5.41, 5.74) is -1.57. The van der Waals surface area contributed by atoms with E-state index in [9.17, 15) is 44.3 Å². The number of carboxylic acid groups (broad SMARTS) is 2. The number of aliphatic carboxylic acids is 2. The van der Waals surface area contributed by atoms with E-state index in [0.717, 1.165) is 10.9 Å². The molecule has 0 spiro atoms. The minimum absolute atomic E-state index is 0.0288. The van der Waals surface area contributed by atoms with Gasteiger partial charge in [0.25, 0.3) is 5.91 Å². The van der Waals surface area contributed by atoms with Gasteiger partial charge in [-0.25, -0.2) is 9.59 Å². The van der Waals surface area contributed by atoms with E-state index >= 15 is 0 Å². The number of carboxylic acids is 2. The molecule has 2 saturated heterocycles. The summed E-state index contributed by atoms with van der Waals surface area (Å²) >= 11 is 0. The first-order chi connectivity index (χ1) is 17.7. The molecule has 1 amide bonds. The van der Waals surface area contributed by atoms with E-state index < -0.39 is 47.6 Å². The number of hydrogen-bond donors (Lipinski definition) is 2. The van der Waals surface area contributed by atoms with Crippen LogP contribution in [0, 0.1) is 0 Å². The minimum Gasteiger partial charge on any atom is -0.475 e. The maximum Gasteiger partial charge on any atom is 0.490 e. The van der Waals surface area contributed by atoms with Crippen LogP contribution in [0.2, 0.25) is 0 Å². The Hall–Kier alpha value is -3.13. The van der Waals surface area contributed by atoms with Crippen LogP contribution in [-0.2, 0) is 32.3 Å². The third kappa shape index (κ3) is 10.2. The zero-order valence-electron chi connectivity index (χ0n) is 20.1. The van der Waals surface area contributed by atoms with E-state index in [1.807, 2.05) is 0 Å². The molecule has 0 aromatic carbocycles. The van der Waals surface area contributed by atoms with Crippen molar-refractivity contribution in [2.45, 2.75) is 30.7 Å². The van der Waals surface area contributed by atoms with Gasteiger partial charge in [0, 0.05) is 46.5 Å². The molecule has 1 aromatic heterocycles. The van der Waals surface area contributed by atoms with E-state index in [0.29, 0.717) is 32.8 Å². The van der Waals surface area contributed by atoms with E-state index in [2.05, 4.69) is 10.00 Å². The van der Waals surface area contributed by atoms with Crippen LogP contribution < -0.4 is 0 Å². The number of carbonyl (C=O) groups is 3. The molecule has 224 valence electrons. The zero-order chi connectivity index (χ0) is 30.3. The van der Waals surface area contributed by atoms with Crippen molar-refractivity contribution >= 4 is 17.8 Å². The summed E-state index contributed by atoms with van der Waals surface area (Å²) in [4.78, 5) is 34.0. The van der Waals surface area contributed by atoms with E-state index in [1.54, 1.807) is 7.11 Å². The van der Waals surface area contributed by atoms with Gasteiger partial charge in [-0.15, -0.1) is 0 Å². The van der Waals surface area contributed by atoms with Gasteiger partial charge in [-0.2, -0.15) is 44.6 Å². The fraction of sp³-hybridized carbons (Fsp3) is 0.684. The minimum atomic E-state index is -5.08. The zero-order valence-corrected chi connectivity index (χ0v) is 20.1. The molecule has 1 aromatic rings. The number of ether oxygens (including phenoxy) is 2. The molecule has 2 atom stereocenters. The molecule has 0 unspecified atom stereocenters. The largest absolute Gasteiger partial charge is 0.490 e. The van der Waals surface area contributed by atoms with Crippen molar-refractivity contribution in [1.82, 2.24) is 19.6 Å². The van der Waals surface area contributed by atoms with Crippen LogP contribution in [0.3, 0.4) is 0 Å². The lowest BCUT2D eigenvalue weighted by Gasteiger charge is -2.36. The van der Waals surface area contributed by atoms with Crippen molar-refractivity contribution in [3.63, 3.8) is 0 Å². The number of aromatic nitrogens is 2. The first-order valence-corrected chi connectivity index (χ1v) is 10.5. The number of amides is 1. The summed E-state index contributed by atoms with van der Waals surface area (Å²) in [5, 5.41) is 17.7. The summed E-state index contributed by atoms with van der Waals surface area (Å²) < 4.78 is 115.